The molecule has 5 heteroatoms. The fraction of sp³-hybridized carbons (Fsp3) is 0.273. The van der Waals surface area contributed by atoms with Crippen LogP contribution < -0.4 is 5.32 Å². The molecule has 0 saturated carbocycles. The van der Waals surface area contributed by atoms with E-state index >= 15 is 0 Å². The van der Waals surface area contributed by atoms with Gasteiger partial charge in [-0.3, -0.25) is 0 Å². The average molecular weight is 251 g/mol. The van der Waals surface area contributed by atoms with Crippen LogP contribution in [-0.2, 0) is 12.3 Å². The number of nitrogens with one attached hydrogen (secondary N) is 1. The van der Waals surface area contributed by atoms with E-state index in [0.717, 1.165) is 23.8 Å². The number of hydrogen-bond acceptors (Lipinski definition) is 5. The quantitative estimate of drug-likeness (QED) is 0.886. The van der Waals surface area contributed by atoms with Crippen LogP contribution in [0, 0.1) is 0 Å². The third-order valence-corrected chi connectivity index (χ3v) is 3.33. The summed E-state index contributed by atoms with van der Waals surface area (Å²) < 4.78 is 0. The van der Waals surface area contributed by atoms with Crippen molar-refractivity contribution >= 4 is 28.9 Å². The lowest BCUT2D eigenvalue weighted by atomic mass is 10.3. The standard InChI is InChI=1S/C11H13N3S2/c1-15-6-9-2-3-12-11(4-9)13-5-10-7-16-8-14-10/h2-4,7-8H,5-6H2,1H3,(H,12,13). The van der Waals surface area contributed by atoms with Crippen LogP contribution in [0.5, 0.6) is 0 Å². The zero-order chi connectivity index (χ0) is 11.2. The second-order valence-electron chi connectivity index (χ2n) is 3.32. The average Bonchev–Trinajstić information content (AvgIpc) is 2.80. The number of nitrogens with zero attached hydrogens (tertiary/aromatic N) is 2. The van der Waals surface area contributed by atoms with Gasteiger partial charge in [0.25, 0.3) is 0 Å². The van der Waals surface area contributed by atoms with Gasteiger partial charge in [-0.15, -0.1) is 11.3 Å². The Morgan fingerprint density at radius 1 is 1.44 bits per heavy atom. The lowest BCUT2D eigenvalue weighted by molar-refractivity contribution is 1.05. The van der Waals surface area contributed by atoms with Crippen molar-refractivity contribution in [1.29, 1.82) is 0 Å². The minimum Gasteiger partial charge on any atom is -0.364 e. The summed E-state index contributed by atoms with van der Waals surface area (Å²) in [4.78, 5) is 8.49. The highest BCUT2D eigenvalue weighted by Crippen LogP contribution is 2.13. The molecule has 0 aliphatic rings. The number of aromatic nitrogens is 2. The molecule has 0 aromatic carbocycles. The van der Waals surface area contributed by atoms with Crippen LogP contribution >= 0.6 is 23.1 Å². The van der Waals surface area contributed by atoms with Gasteiger partial charge in [0.15, 0.2) is 0 Å². The molecule has 0 radical (unpaired) electrons. The molecular weight excluding hydrogens is 238 g/mol. The van der Waals surface area contributed by atoms with Crippen molar-refractivity contribution in [1.82, 2.24) is 9.97 Å². The molecule has 2 rings (SSSR count). The monoisotopic (exact) mass is 251 g/mol. The van der Waals surface area contributed by atoms with E-state index in [-0.39, 0.29) is 0 Å². The van der Waals surface area contributed by atoms with Crippen molar-refractivity contribution in [3.63, 3.8) is 0 Å². The van der Waals surface area contributed by atoms with Gasteiger partial charge < -0.3 is 5.32 Å². The fourth-order valence-electron chi connectivity index (χ4n) is 1.33. The van der Waals surface area contributed by atoms with Gasteiger partial charge in [-0.2, -0.15) is 11.8 Å². The summed E-state index contributed by atoms with van der Waals surface area (Å²) in [6.07, 6.45) is 3.94. The first-order valence-corrected chi connectivity index (χ1v) is 7.27. The molecule has 0 aliphatic carbocycles. The van der Waals surface area contributed by atoms with Crippen LogP contribution in [0.2, 0.25) is 0 Å². The predicted molar refractivity (Wildman–Crippen MR) is 70.9 cm³/mol. The molecule has 2 heterocycles. The molecule has 0 unspecified atom stereocenters. The highest BCUT2D eigenvalue weighted by Gasteiger charge is 1.98. The lowest BCUT2D eigenvalue weighted by Gasteiger charge is -2.05. The molecule has 2 aromatic heterocycles. The maximum atomic E-state index is 4.28. The fourth-order valence-corrected chi connectivity index (χ4v) is 2.40. The van der Waals surface area contributed by atoms with Gasteiger partial charge in [0.1, 0.15) is 5.82 Å². The molecular formula is C11H13N3S2. The van der Waals surface area contributed by atoms with Crippen molar-refractivity contribution in [2.24, 2.45) is 0 Å². The van der Waals surface area contributed by atoms with Crippen molar-refractivity contribution in [3.8, 4) is 0 Å². The van der Waals surface area contributed by atoms with Crippen molar-refractivity contribution in [3.05, 3.63) is 40.5 Å². The smallest absolute Gasteiger partial charge is 0.126 e. The first-order chi connectivity index (χ1) is 7.88. The maximum absolute atomic E-state index is 4.28. The Balaban J connectivity index is 1.96. The Morgan fingerprint density at radius 3 is 3.12 bits per heavy atom. The summed E-state index contributed by atoms with van der Waals surface area (Å²) in [5, 5.41) is 5.31. The Bertz CT molecular complexity index is 429. The topological polar surface area (TPSA) is 37.8 Å². The third kappa shape index (κ3) is 3.21. The second kappa shape index (κ2) is 5.86. The van der Waals surface area contributed by atoms with Crippen LogP contribution in [0.4, 0.5) is 5.82 Å². The Hall–Kier alpha value is -1.07. The van der Waals surface area contributed by atoms with Gasteiger partial charge >= 0.3 is 0 Å². The van der Waals surface area contributed by atoms with E-state index in [1.165, 1.54) is 5.56 Å². The summed E-state index contributed by atoms with van der Waals surface area (Å²) in [6, 6.07) is 4.13. The maximum Gasteiger partial charge on any atom is 0.126 e. The van der Waals surface area contributed by atoms with Crippen LogP contribution in [0.15, 0.2) is 29.2 Å². The molecule has 16 heavy (non-hydrogen) atoms. The van der Waals surface area contributed by atoms with E-state index in [2.05, 4.69) is 27.6 Å². The molecule has 0 amide bonds. The van der Waals surface area contributed by atoms with E-state index in [0.29, 0.717) is 0 Å². The number of thiazole rings is 1. The predicted octanol–water partition coefficient (Wildman–Crippen LogP) is 3.01. The van der Waals surface area contributed by atoms with Crippen LogP contribution in [0.1, 0.15) is 11.3 Å². The summed E-state index contributed by atoms with van der Waals surface area (Å²) >= 11 is 3.42. The highest BCUT2D eigenvalue weighted by molar-refractivity contribution is 7.97. The number of anilines is 1. The largest absolute Gasteiger partial charge is 0.364 e. The summed E-state index contributed by atoms with van der Waals surface area (Å²) in [5.74, 6) is 1.94. The number of thioether (sulfide) groups is 1. The van der Waals surface area contributed by atoms with Crippen LogP contribution in [0.3, 0.4) is 0 Å². The Kier molecular flexibility index (Phi) is 4.18. The minimum atomic E-state index is 0.735. The Labute approximate surface area is 103 Å². The lowest BCUT2D eigenvalue weighted by Crippen LogP contribution is -2.01. The van der Waals surface area contributed by atoms with Crippen molar-refractivity contribution in [2.45, 2.75) is 12.3 Å². The van der Waals surface area contributed by atoms with Crippen molar-refractivity contribution in [2.75, 3.05) is 11.6 Å². The molecule has 0 bridgehead atoms. The third-order valence-electron chi connectivity index (χ3n) is 2.07. The molecule has 2 aromatic rings. The van der Waals surface area contributed by atoms with E-state index < -0.39 is 0 Å². The zero-order valence-electron chi connectivity index (χ0n) is 9.01. The molecule has 0 saturated heterocycles. The molecule has 0 spiro atoms. The van der Waals surface area contributed by atoms with Crippen molar-refractivity contribution < 1.29 is 0 Å². The second-order valence-corrected chi connectivity index (χ2v) is 4.90. The highest BCUT2D eigenvalue weighted by atomic mass is 32.2. The molecule has 84 valence electrons. The summed E-state index contributed by atoms with van der Waals surface area (Å²) in [6.45, 7) is 0.735. The van der Waals surface area contributed by atoms with E-state index in [9.17, 15) is 0 Å². The van der Waals surface area contributed by atoms with E-state index in [1.54, 1.807) is 11.3 Å². The van der Waals surface area contributed by atoms with Gasteiger partial charge in [-0.25, -0.2) is 9.97 Å². The van der Waals surface area contributed by atoms with Crippen LogP contribution in [-0.4, -0.2) is 16.2 Å². The van der Waals surface area contributed by atoms with Gasteiger partial charge in [0.05, 0.1) is 17.7 Å². The molecule has 0 fully saturated rings. The van der Waals surface area contributed by atoms with E-state index in [4.69, 9.17) is 0 Å². The SMILES string of the molecule is CSCc1ccnc(NCc2cscn2)c1. The zero-order valence-corrected chi connectivity index (χ0v) is 10.6. The minimum absolute atomic E-state index is 0.735. The summed E-state index contributed by atoms with van der Waals surface area (Å²) in [7, 11) is 0. The molecule has 0 atom stereocenters. The number of rotatable bonds is 5. The van der Waals surface area contributed by atoms with E-state index in [1.807, 2.05) is 34.9 Å². The van der Waals surface area contributed by atoms with Gasteiger partial charge in [0, 0.05) is 17.3 Å². The van der Waals surface area contributed by atoms with Gasteiger partial charge in [-0.1, -0.05) is 0 Å². The normalized spacial score (nSPS) is 10.3. The summed E-state index contributed by atoms with van der Waals surface area (Å²) in [5.41, 5.74) is 4.19. The van der Waals surface area contributed by atoms with Gasteiger partial charge in [0.2, 0.25) is 0 Å². The van der Waals surface area contributed by atoms with Gasteiger partial charge in [-0.05, 0) is 24.0 Å². The molecule has 1 N–H and O–H groups in total. The first-order valence-electron chi connectivity index (χ1n) is 4.93. The number of pyridine rings is 1. The number of hydrogen-bond donors (Lipinski definition) is 1. The Morgan fingerprint density at radius 2 is 2.38 bits per heavy atom. The molecule has 0 aliphatic heterocycles. The first kappa shape index (κ1) is 11.4. The van der Waals surface area contributed by atoms with Crippen LogP contribution in [0.25, 0.3) is 0 Å². The molecule has 3 nitrogen and oxygen atoms in total.